The highest BCUT2D eigenvalue weighted by molar-refractivity contribution is 4.94. The molecule has 5 heteroatoms. The van der Waals surface area contributed by atoms with E-state index in [0.717, 1.165) is 0 Å². The van der Waals surface area contributed by atoms with Gasteiger partial charge in [0.05, 0.1) is 18.2 Å². The fourth-order valence-corrected chi connectivity index (χ4v) is 1.39. The van der Waals surface area contributed by atoms with Crippen LogP contribution in [0.3, 0.4) is 0 Å². The van der Waals surface area contributed by atoms with Crippen LogP contribution < -0.4 is 5.32 Å². The summed E-state index contributed by atoms with van der Waals surface area (Å²) in [5, 5.41) is 39.5. The number of nitrogens with one attached hydrogen (secondary N) is 1. The normalized spacial score (nSPS) is 45.8. The van der Waals surface area contributed by atoms with Gasteiger partial charge < -0.3 is 25.7 Å². The summed E-state index contributed by atoms with van der Waals surface area (Å²) in [7, 11) is 0. The van der Waals surface area contributed by atoms with Crippen molar-refractivity contribution in [3.05, 3.63) is 0 Å². The Bertz CT molecular complexity index is 152. The number of hydrogen-bond donors (Lipinski definition) is 5. The Morgan fingerprint density at radius 3 is 2.33 bits per heavy atom. The van der Waals surface area contributed by atoms with Gasteiger partial charge in [0.2, 0.25) is 0 Å². The molecule has 1 fully saturated rings. The molecule has 1 rings (SSSR count). The van der Waals surface area contributed by atoms with Gasteiger partial charge in [0.25, 0.3) is 0 Å². The van der Waals surface area contributed by atoms with E-state index in [9.17, 15) is 10.2 Å². The van der Waals surface area contributed by atoms with E-state index in [1.165, 1.54) is 6.92 Å². The zero-order valence-corrected chi connectivity index (χ0v) is 6.88. The topological polar surface area (TPSA) is 93.0 Å². The van der Waals surface area contributed by atoms with Gasteiger partial charge in [-0.2, -0.15) is 0 Å². The van der Waals surface area contributed by atoms with Crippen LogP contribution in [0.2, 0.25) is 0 Å². The third-order valence-corrected chi connectivity index (χ3v) is 2.19. The zero-order chi connectivity index (χ0) is 9.30. The van der Waals surface area contributed by atoms with Crippen molar-refractivity contribution >= 4 is 0 Å². The average Bonchev–Trinajstić information content (AvgIpc) is 2.00. The van der Waals surface area contributed by atoms with Crippen LogP contribution in [0.25, 0.3) is 0 Å². The second-order valence-electron chi connectivity index (χ2n) is 3.22. The molecule has 0 aromatic rings. The van der Waals surface area contributed by atoms with Gasteiger partial charge >= 0.3 is 0 Å². The molecule has 0 amide bonds. The lowest BCUT2D eigenvalue weighted by molar-refractivity contribution is -0.111. The lowest BCUT2D eigenvalue weighted by Crippen LogP contribution is -2.62. The molecule has 1 aliphatic rings. The van der Waals surface area contributed by atoms with Crippen molar-refractivity contribution in [3.63, 3.8) is 0 Å². The van der Waals surface area contributed by atoms with Gasteiger partial charge in [0.15, 0.2) is 0 Å². The Labute approximate surface area is 70.6 Å². The highest BCUT2D eigenvalue weighted by Crippen LogP contribution is 2.12. The summed E-state index contributed by atoms with van der Waals surface area (Å²) in [5.74, 6) is 0. The lowest BCUT2D eigenvalue weighted by Gasteiger charge is -2.37. The first kappa shape index (κ1) is 9.88. The molecule has 5 nitrogen and oxygen atoms in total. The fourth-order valence-electron chi connectivity index (χ4n) is 1.39. The van der Waals surface area contributed by atoms with E-state index in [1.807, 2.05) is 0 Å². The summed E-state index contributed by atoms with van der Waals surface area (Å²) in [6.45, 7) is 1.71. The van der Waals surface area contributed by atoms with Crippen LogP contribution in [0.1, 0.15) is 6.92 Å². The quantitative estimate of drug-likeness (QED) is 0.303. The molecule has 0 spiro atoms. The second kappa shape index (κ2) is 3.68. The number of aliphatic hydroxyl groups excluding tert-OH is 4. The Morgan fingerprint density at radius 1 is 1.25 bits per heavy atom. The molecule has 5 N–H and O–H groups in total. The standard InChI is InChI=1S/C7H15NO4/c1-3(9)5-7(12)6(11)4(10)2-8-5/h3-12H,2H2,1H3/t3?,4?,5-,6?,7?/m1/s1. The molecule has 0 aromatic heterocycles. The van der Waals surface area contributed by atoms with Gasteiger partial charge in [-0.05, 0) is 6.92 Å². The number of rotatable bonds is 1. The van der Waals surface area contributed by atoms with E-state index < -0.39 is 30.5 Å². The Kier molecular flexibility index (Phi) is 3.03. The molecule has 0 aliphatic carbocycles. The van der Waals surface area contributed by atoms with Crippen LogP contribution >= 0.6 is 0 Å². The summed E-state index contributed by atoms with van der Waals surface area (Å²) in [6, 6.07) is -0.566. The van der Waals surface area contributed by atoms with Gasteiger partial charge in [-0.25, -0.2) is 0 Å². The molecule has 0 aromatic carbocycles. The minimum absolute atomic E-state index is 0.188. The van der Waals surface area contributed by atoms with Crippen molar-refractivity contribution in [1.29, 1.82) is 0 Å². The lowest BCUT2D eigenvalue weighted by atomic mass is 9.93. The van der Waals surface area contributed by atoms with E-state index in [-0.39, 0.29) is 6.54 Å². The van der Waals surface area contributed by atoms with Gasteiger partial charge in [-0.1, -0.05) is 0 Å². The first-order valence-electron chi connectivity index (χ1n) is 3.99. The molecule has 1 saturated heterocycles. The van der Waals surface area contributed by atoms with Crippen LogP contribution in [0.15, 0.2) is 0 Å². The molecule has 1 aliphatic heterocycles. The molecular formula is C7H15NO4. The van der Waals surface area contributed by atoms with Crippen molar-refractivity contribution in [1.82, 2.24) is 5.32 Å². The summed E-state index contributed by atoms with van der Waals surface area (Å²) in [4.78, 5) is 0. The highest BCUT2D eigenvalue weighted by Gasteiger charge is 2.38. The van der Waals surface area contributed by atoms with Crippen LogP contribution in [-0.2, 0) is 0 Å². The zero-order valence-electron chi connectivity index (χ0n) is 6.88. The molecule has 12 heavy (non-hydrogen) atoms. The van der Waals surface area contributed by atoms with E-state index in [4.69, 9.17) is 10.2 Å². The van der Waals surface area contributed by atoms with Crippen LogP contribution in [0.5, 0.6) is 0 Å². The third kappa shape index (κ3) is 1.75. The maximum Gasteiger partial charge on any atom is 0.109 e. The number of β-amino-alcohol motifs (C(OH)–C–C–N with tert-alkyl or cyclic N) is 1. The molecule has 5 atom stereocenters. The summed E-state index contributed by atoms with van der Waals surface area (Å²) in [6.07, 6.45) is -4.00. The van der Waals surface area contributed by atoms with E-state index in [1.54, 1.807) is 0 Å². The van der Waals surface area contributed by atoms with Crippen LogP contribution in [-0.4, -0.2) is 57.4 Å². The average molecular weight is 177 g/mol. The van der Waals surface area contributed by atoms with Gasteiger partial charge in [0, 0.05) is 6.54 Å². The van der Waals surface area contributed by atoms with Gasteiger partial charge in [-0.15, -0.1) is 0 Å². The third-order valence-electron chi connectivity index (χ3n) is 2.19. The summed E-state index contributed by atoms with van der Waals surface area (Å²) < 4.78 is 0. The van der Waals surface area contributed by atoms with Crippen LogP contribution in [0.4, 0.5) is 0 Å². The molecule has 4 unspecified atom stereocenters. The SMILES string of the molecule is CC(O)[C@H]1NCC(O)C(O)C1O. The number of piperidine rings is 1. The summed E-state index contributed by atoms with van der Waals surface area (Å²) >= 11 is 0. The van der Waals surface area contributed by atoms with Crippen molar-refractivity contribution in [3.8, 4) is 0 Å². The smallest absolute Gasteiger partial charge is 0.109 e. The Morgan fingerprint density at radius 2 is 1.83 bits per heavy atom. The first-order chi connectivity index (χ1) is 5.54. The predicted molar refractivity (Wildman–Crippen MR) is 41.5 cm³/mol. The summed E-state index contributed by atoms with van der Waals surface area (Å²) in [5.41, 5.74) is 0. The monoisotopic (exact) mass is 177 g/mol. The molecule has 72 valence electrons. The van der Waals surface area contributed by atoms with Crippen molar-refractivity contribution in [2.45, 2.75) is 37.4 Å². The number of hydrogen-bond acceptors (Lipinski definition) is 5. The van der Waals surface area contributed by atoms with E-state index in [0.29, 0.717) is 0 Å². The molecule has 1 heterocycles. The Balaban J connectivity index is 2.58. The fraction of sp³-hybridized carbons (Fsp3) is 1.00. The largest absolute Gasteiger partial charge is 0.392 e. The van der Waals surface area contributed by atoms with Crippen molar-refractivity contribution < 1.29 is 20.4 Å². The first-order valence-corrected chi connectivity index (χ1v) is 3.99. The van der Waals surface area contributed by atoms with Crippen molar-refractivity contribution in [2.24, 2.45) is 0 Å². The maximum atomic E-state index is 9.35. The van der Waals surface area contributed by atoms with Gasteiger partial charge in [-0.3, -0.25) is 0 Å². The predicted octanol–water partition coefficient (Wildman–Crippen LogP) is -2.58. The molecular weight excluding hydrogens is 162 g/mol. The molecule has 0 saturated carbocycles. The number of aliphatic hydroxyl groups is 4. The van der Waals surface area contributed by atoms with Crippen LogP contribution in [0, 0.1) is 0 Å². The minimum Gasteiger partial charge on any atom is -0.392 e. The van der Waals surface area contributed by atoms with Crippen molar-refractivity contribution in [2.75, 3.05) is 6.54 Å². The highest BCUT2D eigenvalue weighted by atomic mass is 16.4. The Hall–Kier alpha value is -0.200. The minimum atomic E-state index is -1.18. The maximum absolute atomic E-state index is 9.35. The van der Waals surface area contributed by atoms with Gasteiger partial charge in [0.1, 0.15) is 12.2 Å². The molecule has 0 radical (unpaired) electrons. The van der Waals surface area contributed by atoms with E-state index >= 15 is 0 Å². The molecule has 0 bridgehead atoms. The second-order valence-corrected chi connectivity index (χ2v) is 3.22. The van der Waals surface area contributed by atoms with E-state index in [2.05, 4.69) is 5.32 Å².